The Morgan fingerprint density at radius 3 is 2.12 bits per heavy atom. The summed E-state index contributed by atoms with van der Waals surface area (Å²) in [6.45, 7) is 0. The fraction of sp³-hybridized carbons (Fsp3) is 0. The van der Waals surface area contributed by atoms with Gasteiger partial charge in [0.15, 0.2) is 0 Å². The second kappa shape index (κ2) is 5.48. The van der Waals surface area contributed by atoms with Crippen molar-refractivity contribution in [2.24, 2.45) is 0 Å². The van der Waals surface area contributed by atoms with Gasteiger partial charge in [0.25, 0.3) is 0 Å². The maximum absolute atomic E-state index is 5.88. The second-order valence-electron chi connectivity index (χ2n) is 3.12. The first kappa shape index (κ1) is 11.6. The van der Waals surface area contributed by atoms with Gasteiger partial charge < -0.3 is 0 Å². The zero-order valence-electron chi connectivity index (χ0n) is 8.23. The molecule has 2 rings (SSSR count). The van der Waals surface area contributed by atoms with E-state index in [4.69, 9.17) is 23.2 Å². The third-order valence-electron chi connectivity index (χ3n) is 1.85. The highest BCUT2D eigenvalue weighted by Crippen LogP contribution is 2.26. The molecule has 0 spiro atoms. The zero-order chi connectivity index (χ0) is 11.4. The van der Waals surface area contributed by atoms with Gasteiger partial charge >= 0.3 is 0 Å². The summed E-state index contributed by atoms with van der Waals surface area (Å²) in [6, 6.07) is 15.2. The molecule has 0 aliphatic heterocycles. The normalized spacial score (nSPS) is 10.1. The molecular formula is C12H8Cl2NS. The molecule has 0 heterocycles. The summed E-state index contributed by atoms with van der Waals surface area (Å²) in [7, 11) is 0. The van der Waals surface area contributed by atoms with E-state index < -0.39 is 0 Å². The Labute approximate surface area is 109 Å². The molecule has 0 aliphatic rings. The molecule has 0 fully saturated rings. The number of rotatable bonds is 3. The summed E-state index contributed by atoms with van der Waals surface area (Å²) in [4.78, 5) is 1.08. The molecule has 2 aromatic carbocycles. The molecule has 0 atom stereocenters. The number of halogens is 2. The van der Waals surface area contributed by atoms with Crippen LogP contribution in [0.1, 0.15) is 0 Å². The predicted octanol–water partition coefficient (Wildman–Crippen LogP) is 4.94. The van der Waals surface area contributed by atoms with E-state index in [-0.39, 0.29) is 0 Å². The van der Waals surface area contributed by atoms with E-state index in [1.165, 1.54) is 11.9 Å². The number of hydrogen-bond acceptors (Lipinski definition) is 1. The van der Waals surface area contributed by atoms with E-state index in [1.807, 2.05) is 30.3 Å². The third kappa shape index (κ3) is 3.34. The number of nitrogens with zero attached hydrogens (tertiary/aromatic N) is 1. The van der Waals surface area contributed by atoms with Crippen molar-refractivity contribution in [3.8, 4) is 0 Å². The van der Waals surface area contributed by atoms with Crippen molar-refractivity contribution in [3.63, 3.8) is 0 Å². The Hall–Kier alpha value is -0.830. The molecule has 0 saturated carbocycles. The van der Waals surface area contributed by atoms with E-state index in [0.29, 0.717) is 10.0 Å². The van der Waals surface area contributed by atoms with Crippen molar-refractivity contribution in [1.82, 2.24) is 4.72 Å². The minimum atomic E-state index is 0.597. The van der Waals surface area contributed by atoms with E-state index >= 15 is 0 Å². The highest BCUT2D eigenvalue weighted by atomic mass is 35.5. The van der Waals surface area contributed by atoms with Crippen LogP contribution in [0.15, 0.2) is 53.4 Å². The molecular weight excluding hydrogens is 261 g/mol. The Morgan fingerprint density at radius 2 is 1.50 bits per heavy atom. The predicted molar refractivity (Wildman–Crippen MR) is 70.6 cm³/mol. The Balaban J connectivity index is 2.05. The smallest absolute Gasteiger partial charge is 0.0746 e. The van der Waals surface area contributed by atoms with Crippen LogP contribution in [-0.2, 0) is 0 Å². The van der Waals surface area contributed by atoms with Crippen LogP contribution < -0.4 is 4.72 Å². The van der Waals surface area contributed by atoms with Crippen molar-refractivity contribution < 1.29 is 0 Å². The molecule has 1 radical (unpaired) electrons. The molecule has 4 heteroatoms. The van der Waals surface area contributed by atoms with Crippen molar-refractivity contribution in [3.05, 3.63) is 58.6 Å². The fourth-order valence-corrected chi connectivity index (χ4v) is 2.29. The fourth-order valence-electron chi connectivity index (χ4n) is 1.18. The molecule has 0 N–H and O–H groups in total. The van der Waals surface area contributed by atoms with E-state index in [1.54, 1.807) is 18.2 Å². The first-order valence-corrected chi connectivity index (χ1v) is 6.16. The van der Waals surface area contributed by atoms with Crippen LogP contribution in [0.4, 0.5) is 5.69 Å². The minimum Gasteiger partial charge on any atom is -0.211 e. The Morgan fingerprint density at radius 1 is 0.875 bits per heavy atom. The quantitative estimate of drug-likeness (QED) is 0.720. The van der Waals surface area contributed by atoms with Gasteiger partial charge in [-0.3, -0.25) is 0 Å². The van der Waals surface area contributed by atoms with Gasteiger partial charge in [0, 0.05) is 26.9 Å². The van der Waals surface area contributed by atoms with Crippen LogP contribution >= 0.6 is 35.1 Å². The standard InChI is InChI=1S/C12H8Cl2NS/c13-9-6-10(14)8-11(7-9)15-16-12-4-2-1-3-5-12/h1-8H. The van der Waals surface area contributed by atoms with Gasteiger partial charge in [0.1, 0.15) is 0 Å². The minimum absolute atomic E-state index is 0.597. The third-order valence-corrected chi connectivity index (χ3v) is 3.07. The summed E-state index contributed by atoms with van der Waals surface area (Å²) in [5, 5.41) is 1.19. The average molecular weight is 269 g/mol. The van der Waals surface area contributed by atoms with Crippen LogP contribution in [0.3, 0.4) is 0 Å². The maximum atomic E-state index is 5.88. The zero-order valence-corrected chi connectivity index (χ0v) is 10.6. The van der Waals surface area contributed by atoms with Crippen LogP contribution in [0.2, 0.25) is 10.0 Å². The highest BCUT2D eigenvalue weighted by molar-refractivity contribution is 7.97. The van der Waals surface area contributed by atoms with E-state index in [9.17, 15) is 0 Å². The van der Waals surface area contributed by atoms with Crippen LogP contribution in [-0.4, -0.2) is 0 Å². The molecule has 0 unspecified atom stereocenters. The second-order valence-corrected chi connectivity index (χ2v) is 4.83. The van der Waals surface area contributed by atoms with Gasteiger partial charge in [-0.2, -0.15) is 0 Å². The summed E-state index contributed by atoms with van der Waals surface area (Å²) < 4.78 is 4.35. The highest BCUT2D eigenvalue weighted by Gasteiger charge is 2.00. The van der Waals surface area contributed by atoms with E-state index in [0.717, 1.165) is 10.6 Å². The van der Waals surface area contributed by atoms with Crippen molar-refractivity contribution >= 4 is 40.8 Å². The SMILES string of the molecule is Clc1cc(Cl)cc([N]Sc2ccccc2)c1. The first-order valence-electron chi connectivity index (χ1n) is 4.63. The lowest BCUT2D eigenvalue weighted by molar-refractivity contribution is 1.34. The Bertz CT molecular complexity index is 453. The molecule has 0 saturated heterocycles. The largest absolute Gasteiger partial charge is 0.211 e. The van der Waals surface area contributed by atoms with Gasteiger partial charge in [0.2, 0.25) is 0 Å². The van der Waals surface area contributed by atoms with Crippen LogP contribution in [0.25, 0.3) is 0 Å². The lowest BCUT2D eigenvalue weighted by Crippen LogP contribution is -1.85. The van der Waals surface area contributed by atoms with Gasteiger partial charge in [-0.15, -0.1) is 0 Å². The summed E-state index contributed by atoms with van der Waals surface area (Å²) in [5.41, 5.74) is 0.770. The van der Waals surface area contributed by atoms with Crippen molar-refractivity contribution in [2.45, 2.75) is 4.90 Å². The summed E-state index contributed by atoms with van der Waals surface area (Å²) >= 11 is 13.2. The number of hydrogen-bond donors (Lipinski definition) is 0. The molecule has 0 amide bonds. The lowest BCUT2D eigenvalue weighted by Gasteiger charge is -2.03. The molecule has 1 nitrogen and oxygen atoms in total. The first-order chi connectivity index (χ1) is 7.74. The summed E-state index contributed by atoms with van der Waals surface area (Å²) in [5.74, 6) is 0. The molecule has 0 aromatic heterocycles. The van der Waals surface area contributed by atoms with Gasteiger partial charge in [-0.05, 0) is 30.3 Å². The molecule has 81 valence electrons. The van der Waals surface area contributed by atoms with Gasteiger partial charge in [0.05, 0.1) is 5.69 Å². The molecule has 0 bridgehead atoms. The van der Waals surface area contributed by atoms with Crippen LogP contribution in [0, 0.1) is 0 Å². The van der Waals surface area contributed by atoms with Gasteiger partial charge in [-0.25, -0.2) is 4.72 Å². The molecule has 0 aliphatic carbocycles. The average Bonchev–Trinajstić information content (AvgIpc) is 2.27. The van der Waals surface area contributed by atoms with E-state index in [2.05, 4.69) is 4.72 Å². The van der Waals surface area contributed by atoms with Gasteiger partial charge in [-0.1, -0.05) is 41.4 Å². The van der Waals surface area contributed by atoms with Crippen molar-refractivity contribution in [2.75, 3.05) is 0 Å². The maximum Gasteiger partial charge on any atom is 0.0746 e. The summed E-state index contributed by atoms with van der Waals surface area (Å²) in [6.07, 6.45) is 0. The van der Waals surface area contributed by atoms with Crippen LogP contribution in [0.5, 0.6) is 0 Å². The van der Waals surface area contributed by atoms with Crippen molar-refractivity contribution in [1.29, 1.82) is 0 Å². The lowest BCUT2D eigenvalue weighted by atomic mass is 10.3. The topological polar surface area (TPSA) is 14.1 Å². The molecule has 16 heavy (non-hydrogen) atoms. The Kier molecular flexibility index (Phi) is 3.99. The monoisotopic (exact) mass is 268 g/mol. The number of benzene rings is 2. The molecule has 2 aromatic rings.